The number of phenols is 1. The topological polar surface area (TPSA) is 73.7 Å². The van der Waals surface area contributed by atoms with Crippen molar-refractivity contribution in [2.75, 3.05) is 31.1 Å². The fourth-order valence-corrected chi connectivity index (χ4v) is 4.93. The Labute approximate surface area is 179 Å². The van der Waals surface area contributed by atoms with Crippen LogP contribution >= 0.6 is 11.3 Å². The summed E-state index contributed by atoms with van der Waals surface area (Å²) < 4.78 is 1.08. The van der Waals surface area contributed by atoms with Crippen molar-refractivity contribution in [2.24, 2.45) is 5.92 Å². The van der Waals surface area contributed by atoms with Gasteiger partial charge in [-0.25, -0.2) is 4.98 Å². The largest absolute Gasteiger partial charge is 0.508 e. The standard InChI is InChI=1S/C23H25N3O3S/c1-2-26(23-24-19-5-3-4-6-20(19)30-23)21(28)15-25-13-11-17(12-14-25)22(29)16-7-9-18(27)10-8-16/h3-10,17,27H,2,11-15H2,1H3. The molecule has 6 nitrogen and oxygen atoms in total. The molecule has 1 amide bonds. The summed E-state index contributed by atoms with van der Waals surface area (Å²) in [5.74, 6) is 0.284. The number of amides is 1. The van der Waals surface area contributed by atoms with Crippen LogP contribution in [0.15, 0.2) is 48.5 Å². The van der Waals surface area contributed by atoms with Crippen LogP contribution < -0.4 is 4.90 Å². The van der Waals surface area contributed by atoms with Crippen LogP contribution in [0.25, 0.3) is 10.2 Å². The lowest BCUT2D eigenvalue weighted by Gasteiger charge is -2.32. The van der Waals surface area contributed by atoms with Crippen molar-refractivity contribution in [3.8, 4) is 5.75 Å². The quantitative estimate of drug-likeness (QED) is 0.608. The van der Waals surface area contributed by atoms with Crippen molar-refractivity contribution in [1.82, 2.24) is 9.88 Å². The van der Waals surface area contributed by atoms with Gasteiger partial charge in [0.2, 0.25) is 5.91 Å². The summed E-state index contributed by atoms with van der Waals surface area (Å²) in [6, 6.07) is 14.3. The average Bonchev–Trinajstić information content (AvgIpc) is 3.18. The number of benzene rings is 2. The first-order chi connectivity index (χ1) is 14.5. The second-order valence-corrected chi connectivity index (χ2v) is 8.57. The molecular formula is C23H25N3O3S. The van der Waals surface area contributed by atoms with Crippen LogP contribution in [0.5, 0.6) is 5.75 Å². The first-order valence-electron chi connectivity index (χ1n) is 10.3. The van der Waals surface area contributed by atoms with Crippen LogP contribution in [-0.2, 0) is 4.79 Å². The maximum atomic E-state index is 12.9. The highest BCUT2D eigenvalue weighted by atomic mass is 32.1. The van der Waals surface area contributed by atoms with Crippen LogP contribution in [-0.4, -0.2) is 52.9 Å². The number of aromatic hydroxyl groups is 1. The highest BCUT2D eigenvalue weighted by Gasteiger charge is 2.28. The van der Waals surface area contributed by atoms with Gasteiger partial charge in [0.15, 0.2) is 10.9 Å². The van der Waals surface area contributed by atoms with Crippen molar-refractivity contribution in [3.63, 3.8) is 0 Å². The third-order valence-corrected chi connectivity index (χ3v) is 6.66. The van der Waals surface area contributed by atoms with Gasteiger partial charge in [-0.05, 0) is 69.3 Å². The molecule has 0 atom stereocenters. The first-order valence-corrected chi connectivity index (χ1v) is 11.1. The molecule has 3 aromatic rings. The van der Waals surface area contributed by atoms with Gasteiger partial charge in [-0.15, -0.1) is 0 Å². The van der Waals surface area contributed by atoms with E-state index in [0.29, 0.717) is 18.7 Å². The van der Waals surface area contributed by atoms with Crippen LogP contribution in [0, 0.1) is 5.92 Å². The van der Waals surface area contributed by atoms with Gasteiger partial charge < -0.3 is 5.11 Å². The number of carbonyl (C=O) groups excluding carboxylic acids is 2. The number of Topliss-reactive ketones (excluding diaryl/α,β-unsaturated/α-hetero) is 1. The Morgan fingerprint density at radius 3 is 2.50 bits per heavy atom. The zero-order chi connectivity index (χ0) is 21.1. The van der Waals surface area contributed by atoms with E-state index < -0.39 is 0 Å². The summed E-state index contributed by atoms with van der Waals surface area (Å²) in [7, 11) is 0. The van der Waals surface area contributed by atoms with Crippen LogP contribution in [0.1, 0.15) is 30.1 Å². The molecule has 1 aromatic heterocycles. The number of thiazole rings is 1. The third kappa shape index (κ3) is 4.37. The van der Waals surface area contributed by atoms with Crippen LogP contribution in [0.4, 0.5) is 5.13 Å². The van der Waals surface area contributed by atoms with E-state index in [1.807, 2.05) is 31.2 Å². The molecule has 7 heteroatoms. The molecule has 1 aliphatic heterocycles. The second kappa shape index (κ2) is 8.93. The smallest absolute Gasteiger partial charge is 0.242 e. The molecule has 30 heavy (non-hydrogen) atoms. The average molecular weight is 424 g/mol. The maximum Gasteiger partial charge on any atom is 0.242 e. The molecule has 0 bridgehead atoms. The van der Waals surface area contributed by atoms with E-state index in [9.17, 15) is 14.7 Å². The van der Waals surface area contributed by atoms with Gasteiger partial charge in [-0.3, -0.25) is 19.4 Å². The Morgan fingerprint density at radius 1 is 1.13 bits per heavy atom. The Balaban J connectivity index is 1.35. The second-order valence-electron chi connectivity index (χ2n) is 7.56. The van der Waals surface area contributed by atoms with Crippen molar-refractivity contribution in [1.29, 1.82) is 0 Å². The van der Waals surface area contributed by atoms with Crippen molar-refractivity contribution in [3.05, 3.63) is 54.1 Å². The Morgan fingerprint density at radius 2 is 1.83 bits per heavy atom. The molecule has 2 aromatic carbocycles. The lowest BCUT2D eigenvalue weighted by molar-refractivity contribution is -0.120. The van der Waals surface area contributed by atoms with Gasteiger partial charge in [0.25, 0.3) is 0 Å². The summed E-state index contributed by atoms with van der Waals surface area (Å²) in [6.07, 6.45) is 1.47. The predicted molar refractivity (Wildman–Crippen MR) is 119 cm³/mol. The molecule has 0 aliphatic carbocycles. The number of carbonyl (C=O) groups is 2. The summed E-state index contributed by atoms with van der Waals surface area (Å²) in [5.41, 5.74) is 1.55. The fourth-order valence-electron chi connectivity index (χ4n) is 3.89. The lowest BCUT2D eigenvalue weighted by Crippen LogP contribution is -2.44. The first kappa shape index (κ1) is 20.5. The number of fused-ring (bicyclic) bond motifs is 1. The fraction of sp³-hybridized carbons (Fsp3) is 0.348. The van der Waals surface area contributed by atoms with Gasteiger partial charge in [-0.1, -0.05) is 23.5 Å². The molecule has 1 fully saturated rings. The molecule has 4 rings (SSSR count). The molecule has 1 saturated heterocycles. The minimum atomic E-state index is -0.0348. The molecule has 156 valence electrons. The number of anilines is 1. The van der Waals surface area contributed by atoms with Gasteiger partial charge >= 0.3 is 0 Å². The number of para-hydroxylation sites is 1. The summed E-state index contributed by atoms with van der Waals surface area (Å²) in [4.78, 5) is 34.1. The number of likely N-dealkylation sites (N-methyl/N-ethyl adjacent to an activating group) is 1. The Hall–Kier alpha value is -2.77. The molecule has 1 aliphatic rings. The third-order valence-electron chi connectivity index (χ3n) is 5.60. The van der Waals surface area contributed by atoms with Crippen LogP contribution in [0.3, 0.4) is 0 Å². The normalized spacial score (nSPS) is 15.4. The molecule has 0 radical (unpaired) electrons. The maximum absolute atomic E-state index is 12.9. The number of phenolic OH excluding ortho intramolecular Hbond substituents is 1. The van der Waals surface area contributed by atoms with E-state index in [0.717, 1.165) is 41.3 Å². The Kier molecular flexibility index (Phi) is 6.11. The highest BCUT2D eigenvalue weighted by molar-refractivity contribution is 7.22. The minimum absolute atomic E-state index is 0.0348. The molecular weight excluding hydrogens is 398 g/mol. The number of ketones is 1. The van der Waals surface area contributed by atoms with E-state index >= 15 is 0 Å². The molecule has 0 unspecified atom stereocenters. The summed E-state index contributed by atoms with van der Waals surface area (Å²) in [6.45, 7) is 4.32. The number of piperidine rings is 1. The summed E-state index contributed by atoms with van der Waals surface area (Å²) >= 11 is 1.54. The Bertz CT molecular complexity index is 1010. The molecule has 0 spiro atoms. The zero-order valence-electron chi connectivity index (χ0n) is 17.0. The zero-order valence-corrected chi connectivity index (χ0v) is 17.8. The monoisotopic (exact) mass is 423 g/mol. The van der Waals surface area contributed by atoms with Gasteiger partial charge in [-0.2, -0.15) is 0 Å². The number of rotatable bonds is 6. The SMILES string of the molecule is CCN(C(=O)CN1CCC(C(=O)c2ccc(O)cc2)CC1)c1nc2ccccc2s1. The van der Waals surface area contributed by atoms with Crippen molar-refractivity contribution in [2.45, 2.75) is 19.8 Å². The van der Waals surface area contributed by atoms with Crippen LogP contribution in [0.2, 0.25) is 0 Å². The molecule has 0 saturated carbocycles. The van der Waals surface area contributed by atoms with Gasteiger partial charge in [0.05, 0.1) is 16.8 Å². The highest BCUT2D eigenvalue weighted by Crippen LogP contribution is 2.29. The predicted octanol–water partition coefficient (Wildman–Crippen LogP) is 3.95. The molecule has 2 heterocycles. The van der Waals surface area contributed by atoms with E-state index in [4.69, 9.17) is 0 Å². The number of hydrogen-bond acceptors (Lipinski definition) is 6. The number of hydrogen-bond donors (Lipinski definition) is 1. The molecule has 1 N–H and O–H groups in total. The summed E-state index contributed by atoms with van der Waals surface area (Å²) in [5, 5.41) is 10.1. The van der Waals surface area contributed by atoms with Gasteiger partial charge in [0, 0.05) is 18.0 Å². The van der Waals surface area contributed by atoms with Crippen molar-refractivity contribution >= 4 is 38.4 Å². The van der Waals surface area contributed by atoms with Gasteiger partial charge in [0.1, 0.15) is 5.75 Å². The lowest BCUT2D eigenvalue weighted by atomic mass is 9.89. The number of likely N-dealkylation sites (tertiary alicyclic amines) is 1. The van der Waals surface area contributed by atoms with E-state index in [-0.39, 0.29) is 23.4 Å². The van der Waals surface area contributed by atoms with E-state index in [1.54, 1.807) is 29.2 Å². The van der Waals surface area contributed by atoms with E-state index in [1.165, 1.54) is 11.3 Å². The minimum Gasteiger partial charge on any atom is -0.508 e. The number of aromatic nitrogens is 1. The number of nitrogens with zero attached hydrogens (tertiary/aromatic N) is 3. The van der Waals surface area contributed by atoms with E-state index in [2.05, 4.69) is 9.88 Å². The van der Waals surface area contributed by atoms with Crippen molar-refractivity contribution < 1.29 is 14.7 Å².